The van der Waals surface area contributed by atoms with Crippen LogP contribution < -0.4 is 0 Å². The molecular weight excluding hydrogens is 262 g/mol. The quantitative estimate of drug-likeness (QED) is 0.776. The van der Waals surface area contributed by atoms with Gasteiger partial charge < -0.3 is 9.64 Å². The smallest absolute Gasteiger partial charge is 0.307 e. The molecule has 0 bridgehead atoms. The lowest BCUT2D eigenvalue weighted by molar-refractivity contribution is -0.147. The third-order valence-electron chi connectivity index (χ3n) is 4.85. The molecule has 0 heterocycles. The van der Waals surface area contributed by atoms with Gasteiger partial charge in [0.05, 0.1) is 13.0 Å². The summed E-state index contributed by atoms with van der Waals surface area (Å²) in [4.78, 5) is 14.4. The second-order valence-corrected chi connectivity index (χ2v) is 6.19. The number of carbonyl (C=O) groups excluding carboxylic acids is 1. The van der Waals surface area contributed by atoms with Gasteiger partial charge in [0.2, 0.25) is 0 Å². The summed E-state index contributed by atoms with van der Waals surface area (Å²) in [5, 5.41) is 0. The minimum absolute atomic E-state index is 0.0750. The Morgan fingerprint density at radius 2 is 2.00 bits per heavy atom. The minimum atomic E-state index is -0.119. The third-order valence-corrected chi connectivity index (χ3v) is 4.85. The van der Waals surface area contributed by atoms with Crippen molar-refractivity contribution in [3.63, 3.8) is 0 Å². The van der Waals surface area contributed by atoms with Crippen LogP contribution in [0.4, 0.5) is 0 Å². The lowest BCUT2D eigenvalue weighted by atomic mass is 9.67. The summed E-state index contributed by atoms with van der Waals surface area (Å²) < 4.78 is 5.24. The summed E-state index contributed by atoms with van der Waals surface area (Å²) in [6, 6.07) is 10.6. The molecule has 0 spiro atoms. The van der Waals surface area contributed by atoms with E-state index in [1.165, 1.54) is 18.4 Å². The second-order valence-electron chi connectivity index (χ2n) is 6.19. The van der Waals surface area contributed by atoms with Gasteiger partial charge in [0.25, 0.3) is 0 Å². The van der Waals surface area contributed by atoms with Crippen LogP contribution >= 0.6 is 0 Å². The molecular formula is C18H27NO2. The molecule has 2 unspecified atom stereocenters. The molecule has 0 N–H and O–H groups in total. The van der Waals surface area contributed by atoms with Gasteiger partial charge >= 0.3 is 5.97 Å². The molecule has 3 heteroatoms. The zero-order chi connectivity index (χ0) is 15.3. The fourth-order valence-corrected chi connectivity index (χ4v) is 3.75. The Kier molecular flexibility index (Phi) is 5.40. The van der Waals surface area contributed by atoms with Gasteiger partial charge in [-0.3, -0.25) is 4.79 Å². The number of likely N-dealkylation sites (N-methyl/N-ethyl adjacent to an activating group) is 1. The molecule has 1 fully saturated rings. The summed E-state index contributed by atoms with van der Waals surface area (Å²) in [5.41, 5.74) is 1.22. The first-order chi connectivity index (χ1) is 10.1. The van der Waals surface area contributed by atoms with Gasteiger partial charge in [-0.15, -0.1) is 0 Å². The highest BCUT2D eigenvalue weighted by Gasteiger charge is 2.45. The highest BCUT2D eigenvalue weighted by molar-refractivity contribution is 5.71. The number of benzene rings is 1. The lowest BCUT2D eigenvalue weighted by Crippen LogP contribution is -2.52. The summed E-state index contributed by atoms with van der Waals surface area (Å²) in [6.07, 6.45) is 5.09. The lowest BCUT2D eigenvalue weighted by Gasteiger charge is -2.48. The van der Waals surface area contributed by atoms with Crippen LogP contribution in [0.2, 0.25) is 0 Å². The van der Waals surface area contributed by atoms with E-state index in [0.29, 0.717) is 18.9 Å². The first-order valence-electron chi connectivity index (χ1n) is 7.98. The van der Waals surface area contributed by atoms with Crippen molar-refractivity contribution < 1.29 is 9.53 Å². The second kappa shape index (κ2) is 7.08. The molecule has 0 aromatic heterocycles. The fraction of sp³-hybridized carbons (Fsp3) is 0.611. The van der Waals surface area contributed by atoms with E-state index < -0.39 is 0 Å². The van der Waals surface area contributed by atoms with Crippen molar-refractivity contribution >= 4 is 5.97 Å². The standard InChI is InChI=1S/C18H27NO2/c1-4-21-17(20)14-18(19(2)3)13-9-8-12-16(18)15-10-6-5-7-11-15/h5-7,10-11,16H,4,8-9,12-14H2,1-3H3. The van der Waals surface area contributed by atoms with Crippen LogP contribution in [0.25, 0.3) is 0 Å². The number of hydrogen-bond acceptors (Lipinski definition) is 3. The van der Waals surface area contributed by atoms with Gasteiger partial charge in [0, 0.05) is 11.5 Å². The Morgan fingerprint density at radius 1 is 1.29 bits per heavy atom. The predicted molar refractivity (Wildman–Crippen MR) is 85.3 cm³/mol. The van der Waals surface area contributed by atoms with E-state index in [1.54, 1.807) is 0 Å². The number of nitrogens with zero attached hydrogens (tertiary/aromatic N) is 1. The normalized spacial score (nSPS) is 25.8. The molecule has 1 aliphatic rings. The molecule has 1 aromatic rings. The van der Waals surface area contributed by atoms with Gasteiger partial charge in [-0.1, -0.05) is 43.2 Å². The number of carbonyl (C=O) groups is 1. The molecule has 0 radical (unpaired) electrons. The molecule has 2 rings (SSSR count). The average Bonchev–Trinajstić information content (AvgIpc) is 2.48. The number of esters is 1. The van der Waals surface area contributed by atoms with E-state index in [1.807, 2.05) is 6.92 Å². The Bertz CT molecular complexity index is 458. The van der Waals surface area contributed by atoms with Gasteiger partial charge in [-0.05, 0) is 39.4 Å². The van der Waals surface area contributed by atoms with Gasteiger partial charge in [-0.2, -0.15) is 0 Å². The zero-order valence-electron chi connectivity index (χ0n) is 13.5. The SMILES string of the molecule is CCOC(=O)CC1(N(C)C)CCCCC1c1ccccc1. The molecule has 1 aromatic carbocycles. The topological polar surface area (TPSA) is 29.5 Å². The Labute approximate surface area is 128 Å². The molecule has 21 heavy (non-hydrogen) atoms. The van der Waals surface area contributed by atoms with Crippen molar-refractivity contribution in [2.45, 2.75) is 50.5 Å². The van der Waals surface area contributed by atoms with Crippen molar-refractivity contribution in [1.82, 2.24) is 4.90 Å². The Balaban J connectivity index is 2.32. The first kappa shape index (κ1) is 16.0. The third kappa shape index (κ3) is 3.46. The van der Waals surface area contributed by atoms with Crippen LogP contribution in [0.1, 0.15) is 50.5 Å². The molecule has 0 amide bonds. The molecule has 1 saturated carbocycles. The van der Waals surface area contributed by atoms with Crippen molar-refractivity contribution in [1.29, 1.82) is 0 Å². The number of hydrogen-bond donors (Lipinski definition) is 0. The van der Waals surface area contributed by atoms with E-state index in [2.05, 4.69) is 49.3 Å². The summed E-state index contributed by atoms with van der Waals surface area (Å²) in [6.45, 7) is 2.33. The molecule has 116 valence electrons. The zero-order valence-corrected chi connectivity index (χ0v) is 13.5. The largest absolute Gasteiger partial charge is 0.466 e. The summed E-state index contributed by atoms with van der Waals surface area (Å²) in [7, 11) is 4.20. The van der Waals surface area contributed by atoms with E-state index >= 15 is 0 Å². The maximum atomic E-state index is 12.1. The van der Waals surface area contributed by atoms with E-state index in [9.17, 15) is 4.79 Å². The number of rotatable bonds is 5. The average molecular weight is 289 g/mol. The van der Waals surface area contributed by atoms with Crippen molar-refractivity contribution in [3.8, 4) is 0 Å². The van der Waals surface area contributed by atoms with Crippen LogP contribution in [0.5, 0.6) is 0 Å². The van der Waals surface area contributed by atoms with Crippen molar-refractivity contribution in [2.24, 2.45) is 0 Å². The highest BCUT2D eigenvalue weighted by atomic mass is 16.5. The van der Waals surface area contributed by atoms with Gasteiger partial charge in [0.1, 0.15) is 0 Å². The monoisotopic (exact) mass is 289 g/mol. The maximum absolute atomic E-state index is 12.1. The highest BCUT2D eigenvalue weighted by Crippen LogP contribution is 2.46. The minimum Gasteiger partial charge on any atom is -0.466 e. The van der Waals surface area contributed by atoms with Crippen LogP contribution in [-0.4, -0.2) is 37.1 Å². The van der Waals surface area contributed by atoms with Crippen LogP contribution in [0, 0.1) is 0 Å². The molecule has 0 saturated heterocycles. The van der Waals surface area contributed by atoms with Crippen LogP contribution in [0.15, 0.2) is 30.3 Å². The molecule has 1 aliphatic carbocycles. The predicted octanol–water partition coefficient (Wildman–Crippen LogP) is 3.60. The van der Waals surface area contributed by atoms with E-state index in [4.69, 9.17) is 4.74 Å². The first-order valence-corrected chi connectivity index (χ1v) is 7.98. The molecule has 2 atom stereocenters. The summed E-state index contributed by atoms with van der Waals surface area (Å²) in [5.74, 6) is 0.320. The maximum Gasteiger partial charge on any atom is 0.307 e. The van der Waals surface area contributed by atoms with Crippen molar-refractivity contribution in [2.75, 3.05) is 20.7 Å². The Hall–Kier alpha value is -1.35. The fourth-order valence-electron chi connectivity index (χ4n) is 3.75. The van der Waals surface area contributed by atoms with Crippen molar-refractivity contribution in [3.05, 3.63) is 35.9 Å². The number of ether oxygens (including phenoxy) is 1. The van der Waals surface area contributed by atoms with E-state index in [-0.39, 0.29) is 11.5 Å². The van der Waals surface area contributed by atoms with Crippen LogP contribution in [0.3, 0.4) is 0 Å². The molecule has 0 aliphatic heterocycles. The van der Waals surface area contributed by atoms with Crippen LogP contribution in [-0.2, 0) is 9.53 Å². The van der Waals surface area contributed by atoms with Gasteiger partial charge in [-0.25, -0.2) is 0 Å². The Morgan fingerprint density at radius 3 is 2.62 bits per heavy atom. The van der Waals surface area contributed by atoms with E-state index in [0.717, 1.165) is 12.8 Å². The summed E-state index contributed by atoms with van der Waals surface area (Å²) >= 11 is 0. The van der Waals surface area contributed by atoms with Gasteiger partial charge in [0.15, 0.2) is 0 Å². The molecule has 3 nitrogen and oxygen atoms in total.